The molecule has 1 N–H and O–H groups in total. The smallest absolute Gasteiger partial charge is 0.307 e. The van der Waals surface area contributed by atoms with E-state index in [1.807, 2.05) is 0 Å². The Hall–Kier alpha value is -3.75. The lowest BCUT2D eigenvalue weighted by atomic mass is 10.1. The molecule has 3 rings (SSSR count). The Morgan fingerprint density at radius 2 is 2.08 bits per heavy atom. The van der Waals surface area contributed by atoms with Crippen LogP contribution in [0.1, 0.15) is 16.1 Å². The molecule has 0 aliphatic heterocycles. The SMILES string of the molecule is COc1ccccc1NC(=O)c1cc(-n2cc([N+](=O)[O-])cn2)cnc1C. The van der Waals surface area contributed by atoms with Crippen LogP contribution in [0.3, 0.4) is 0 Å². The number of hydrogen-bond donors (Lipinski definition) is 1. The topological polar surface area (TPSA) is 112 Å². The second kappa shape index (κ2) is 7.01. The van der Waals surface area contributed by atoms with Gasteiger partial charge in [0.25, 0.3) is 5.91 Å². The number of nitro groups is 1. The summed E-state index contributed by atoms with van der Waals surface area (Å²) < 4.78 is 6.52. The molecule has 0 atom stereocenters. The lowest BCUT2D eigenvalue weighted by Gasteiger charge is -2.11. The van der Waals surface area contributed by atoms with Crippen LogP contribution in [-0.2, 0) is 0 Å². The summed E-state index contributed by atoms with van der Waals surface area (Å²) in [7, 11) is 1.52. The van der Waals surface area contributed by atoms with Crippen molar-refractivity contribution in [2.45, 2.75) is 6.92 Å². The lowest BCUT2D eigenvalue weighted by Crippen LogP contribution is -2.15. The van der Waals surface area contributed by atoms with Crippen molar-refractivity contribution < 1.29 is 14.5 Å². The van der Waals surface area contributed by atoms with Crippen LogP contribution >= 0.6 is 0 Å². The number of carbonyl (C=O) groups excluding carboxylic acids is 1. The van der Waals surface area contributed by atoms with E-state index in [4.69, 9.17) is 4.74 Å². The van der Waals surface area contributed by atoms with Crippen molar-refractivity contribution in [1.29, 1.82) is 0 Å². The number of ether oxygens (including phenoxy) is 1. The van der Waals surface area contributed by atoms with Crippen LogP contribution in [-0.4, -0.2) is 32.7 Å². The molecule has 26 heavy (non-hydrogen) atoms. The summed E-state index contributed by atoms with van der Waals surface area (Å²) in [4.78, 5) is 27.1. The van der Waals surface area contributed by atoms with E-state index in [1.165, 1.54) is 24.2 Å². The van der Waals surface area contributed by atoms with E-state index in [0.717, 1.165) is 6.20 Å². The predicted molar refractivity (Wildman–Crippen MR) is 93.7 cm³/mol. The summed E-state index contributed by atoms with van der Waals surface area (Å²) in [6, 6.07) is 8.61. The van der Waals surface area contributed by atoms with Crippen LogP contribution in [0.5, 0.6) is 5.75 Å². The van der Waals surface area contributed by atoms with Gasteiger partial charge in [-0.05, 0) is 25.1 Å². The van der Waals surface area contributed by atoms with Crippen molar-refractivity contribution in [3.63, 3.8) is 0 Å². The molecule has 0 aliphatic rings. The van der Waals surface area contributed by atoms with Gasteiger partial charge in [0.1, 0.15) is 18.1 Å². The number of aryl methyl sites for hydroxylation is 1. The van der Waals surface area contributed by atoms with Gasteiger partial charge in [0, 0.05) is 0 Å². The average molecular weight is 353 g/mol. The molecule has 0 fully saturated rings. The van der Waals surface area contributed by atoms with Crippen LogP contribution in [0.15, 0.2) is 48.9 Å². The maximum atomic E-state index is 12.7. The molecular formula is C17H15N5O4. The lowest BCUT2D eigenvalue weighted by molar-refractivity contribution is -0.384. The van der Waals surface area contributed by atoms with Crippen LogP contribution in [0.25, 0.3) is 5.69 Å². The van der Waals surface area contributed by atoms with Gasteiger partial charge in [-0.25, -0.2) is 4.68 Å². The van der Waals surface area contributed by atoms with E-state index in [2.05, 4.69) is 15.4 Å². The number of hydrogen-bond acceptors (Lipinski definition) is 6. The Bertz CT molecular complexity index is 983. The highest BCUT2D eigenvalue weighted by molar-refractivity contribution is 6.06. The van der Waals surface area contributed by atoms with E-state index in [0.29, 0.717) is 28.4 Å². The minimum absolute atomic E-state index is 0.148. The van der Waals surface area contributed by atoms with E-state index in [-0.39, 0.29) is 11.6 Å². The summed E-state index contributed by atoms with van der Waals surface area (Å²) in [6.07, 6.45) is 3.88. The van der Waals surface area contributed by atoms with Gasteiger partial charge in [-0.2, -0.15) is 5.10 Å². The van der Waals surface area contributed by atoms with Gasteiger partial charge in [0.2, 0.25) is 0 Å². The zero-order valence-electron chi connectivity index (χ0n) is 14.0. The van der Waals surface area contributed by atoms with Gasteiger partial charge in [-0.3, -0.25) is 19.9 Å². The number of nitrogens with one attached hydrogen (secondary N) is 1. The third kappa shape index (κ3) is 3.36. The molecule has 1 aromatic carbocycles. The molecule has 0 unspecified atom stereocenters. The summed E-state index contributed by atoms with van der Waals surface area (Å²) >= 11 is 0. The Kier molecular flexibility index (Phi) is 4.61. The van der Waals surface area contributed by atoms with Crippen molar-refractivity contribution in [3.05, 3.63) is 70.3 Å². The first-order valence-corrected chi connectivity index (χ1v) is 7.60. The zero-order valence-corrected chi connectivity index (χ0v) is 14.0. The van der Waals surface area contributed by atoms with Crippen LogP contribution in [0.2, 0.25) is 0 Å². The Morgan fingerprint density at radius 1 is 1.31 bits per heavy atom. The van der Waals surface area contributed by atoms with Crippen molar-refractivity contribution >= 4 is 17.3 Å². The zero-order chi connectivity index (χ0) is 18.7. The molecule has 0 saturated carbocycles. The molecule has 0 aliphatic carbocycles. The Labute approximate surface area is 148 Å². The molecule has 9 heteroatoms. The van der Waals surface area contributed by atoms with Gasteiger partial charge in [-0.15, -0.1) is 0 Å². The first kappa shape index (κ1) is 17.1. The van der Waals surface area contributed by atoms with Crippen LogP contribution in [0, 0.1) is 17.0 Å². The number of rotatable bonds is 5. The first-order valence-electron chi connectivity index (χ1n) is 7.60. The summed E-state index contributed by atoms with van der Waals surface area (Å²) in [5.74, 6) is 0.160. The molecule has 9 nitrogen and oxygen atoms in total. The number of nitrogens with zero attached hydrogens (tertiary/aromatic N) is 4. The fraction of sp³-hybridized carbons (Fsp3) is 0.118. The Balaban J connectivity index is 1.91. The van der Waals surface area contributed by atoms with E-state index >= 15 is 0 Å². The molecule has 0 saturated heterocycles. The third-order valence-electron chi connectivity index (χ3n) is 3.72. The fourth-order valence-electron chi connectivity index (χ4n) is 2.36. The predicted octanol–water partition coefficient (Wildman–Crippen LogP) is 2.74. The highest BCUT2D eigenvalue weighted by Crippen LogP contribution is 2.24. The number of aromatic nitrogens is 3. The monoisotopic (exact) mass is 353 g/mol. The van der Waals surface area contributed by atoms with Gasteiger partial charge < -0.3 is 10.1 Å². The van der Waals surface area contributed by atoms with Gasteiger partial charge >= 0.3 is 5.69 Å². The fourth-order valence-corrected chi connectivity index (χ4v) is 2.36. The summed E-state index contributed by atoms with van der Waals surface area (Å²) in [5, 5.41) is 17.5. The number of methoxy groups -OCH3 is 1. The molecule has 0 spiro atoms. The van der Waals surface area contributed by atoms with Gasteiger partial charge in [-0.1, -0.05) is 12.1 Å². The van der Waals surface area contributed by atoms with E-state index < -0.39 is 4.92 Å². The molecule has 1 amide bonds. The maximum absolute atomic E-state index is 12.7. The molecule has 0 radical (unpaired) electrons. The minimum Gasteiger partial charge on any atom is -0.495 e. The number of anilines is 1. The van der Waals surface area contributed by atoms with Crippen molar-refractivity contribution in [1.82, 2.24) is 14.8 Å². The van der Waals surface area contributed by atoms with Crippen molar-refractivity contribution in [2.24, 2.45) is 0 Å². The first-order chi connectivity index (χ1) is 12.5. The highest BCUT2D eigenvalue weighted by Gasteiger charge is 2.16. The quantitative estimate of drug-likeness (QED) is 0.557. The van der Waals surface area contributed by atoms with Crippen molar-refractivity contribution in [3.8, 4) is 11.4 Å². The van der Waals surface area contributed by atoms with Crippen LogP contribution in [0.4, 0.5) is 11.4 Å². The highest BCUT2D eigenvalue weighted by atomic mass is 16.6. The third-order valence-corrected chi connectivity index (χ3v) is 3.72. The minimum atomic E-state index is -0.541. The normalized spacial score (nSPS) is 10.4. The van der Waals surface area contributed by atoms with E-state index in [9.17, 15) is 14.9 Å². The summed E-state index contributed by atoms with van der Waals surface area (Å²) in [5.41, 5.74) is 1.66. The van der Waals surface area contributed by atoms with Gasteiger partial charge in [0.05, 0.1) is 40.9 Å². The second-order valence-electron chi connectivity index (χ2n) is 5.38. The number of benzene rings is 1. The molecular weight excluding hydrogens is 338 g/mol. The largest absolute Gasteiger partial charge is 0.495 e. The second-order valence-corrected chi connectivity index (χ2v) is 5.38. The molecule has 2 heterocycles. The summed E-state index contributed by atoms with van der Waals surface area (Å²) in [6.45, 7) is 1.70. The molecule has 132 valence electrons. The molecule has 0 bridgehead atoms. The Morgan fingerprint density at radius 3 is 2.77 bits per heavy atom. The number of amides is 1. The number of para-hydroxylation sites is 2. The van der Waals surface area contributed by atoms with Crippen molar-refractivity contribution in [2.75, 3.05) is 12.4 Å². The standard InChI is InChI=1S/C17H15N5O4/c1-11-14(17(23)20-15-5-3-4-6-16(15)26-2)7-12(8-18-11)21-10-13(9-19-21)22(24)25/h3-10H,1-2H3,(H,20,23). The maximum Gasteiger partial charge on any atom is 0.307 e. The average Bonchev–Trinajstić information content (AvgIpc) is 3.13. The number of pyridine rings is 1. The van der Waals surface area contributed by atoms with Crippen LogP contribution < -0.4 is 10.1 Å². The number of carbonyl (C=O) groups is 1. The van der Waals surface area contributed by atoms with Gasteiger partial charge in [0.15, 0.2) is 0 Å². The molecule has 2 aromatic heterocycles. The molecule has 3 aromatic rings. The van der Waals surface area contributed by atoms with E-state index in [1.54, 1.807) is 37.3 Å².